The van der Waals surface area contributed by atoms with Gasteiger partial charge in [0.15, 0.2) is 0 Å². The molecule has 1 N–H and O–H groups in total. The van der Waals surface area contributed by atoms with Gasteiger partial charge in [0.2, 0.25) is 5.91 Å². The lowest BCUT2D eigenvalue weighted by molar-refractivity contribution is -0.115. The predicted octanol–water partition coefficient (Wildman–Crippen LogP) is 3.69. The minimum Gasteiger partial charge on any atom is -0.360 e. The van der Waals surface area contributed by atoms with Crippen molar-refractivity contribution >= 4 is 23.4 Å². The van der Waals surface area contributed by atoms with Crippen molar-refractivity contribution in [3.63, 3.8) is 0 Å². The quantitative estimate of drug-likeness (QED) is 0.915. The maximum Gasteiger partial charge on any atom is 0.237 e. The number of hydrogen-bond donors (Lipinski definition) is 1. The van der Waals surface area contributed by atoms with Crippen molar-refractivity contribution in [2.75, 3.05) is 5.32 Å². The molecule has 0 saturated heterocycles. The number of rotatable bonds is 5. The molecule has 0 aliphatic rings. The number of anilines is 1. The molecule has 1 amide bonds. The van der Waals surface area contributed by atoms with Gasteiger partial charge in [0, 0.05) is 11.8 Å². The molecule has 112 valence electrons. The van der Waals surface area contributed by atoms with Crippen LogP contribution in [0.15, 0.2) is 28.8 Å². The molecule has 1 aromatic carbocycles. The van der Waals surface area contributed by atoms with Crippen LogP contribution in [0.1, 0.15) is 23.9 Å². The summed E-state index contributed by atoms with van der Waals surface area (Å²) < 4.78 is 18.5. The standard InChI is InChI=1S/C15H17FN2O2S/c1-9-4-5-12(7-14(9)16)17-15(19)11(3)21-8-13-6-10(2)18-20-13/h4-7,11H,8H2,1-3H3,(H,17,19)/t11-/m0/s1. The highest BCUT2D eigenvalue weighted by molar-refractivity contribution is 7.99. The molecule has 0 aliphatic carbocycles. The highest BCUT2D eigenvalue weighted by Gasteiger charge is 2.15. The first-order chi connectivity index (χ1) is 9.95. The molecule has 2 aromatic rings. The molecule has 0 fully saturated rings. The molecule has 21 heavy (non-hydrogen) atoms. The molecule has 0 bridgehead atoms. The lowest BCUT2D eigenvalue weighted by Crippen LogP contribution is -2.22. The maximum absolute atomic E-state index is 13.4. The number of halogens is 1. The minimum absolute atomic E-state index is 0.167. The van der Waals surface area contributed by atoms with Gasteiger partial charge >= 0.3 is 0 Å². The summed E-state index contributed by atoms with van der Waals surface area (Å²) in [5.74, 6) is 0.806. The number of nitrogens with one attached hydrogen (secondary N) is 1. The van der Waals surface area contributed by atoms with Crippen molar-refractivity contribution in [2.45, 2.75) is 31.8 Å². The Labute approximate surface area is 127 Å². The Hall–Kier alpha value is -1.82. The van der Waals surface area contributed by atoms with Gasteiger partial charge in [0.05, 0.1) is 16.7 Å². The van der Waals surface area contributed by atoms with Crippen LogP contribution in [-0.2, 0) is 10.5 Å². The van der Waals surface area contributed by atoms with E-state index in [4.69, 9.17) is 4.52 Å². The fourth-order valence-corrected chi connectivity index (χ4v) is 2.44. The van der Waals surface area contributed by atoms with Gasteiger partial charge in [-0.05, 0) is 38.5 Å². The van der Waals surface area contributed by atoms with E-state index >= 15 is 0 Å². The number of thioether (sulfide) groups is 1. The normalized spacial score (nSPS) is 12.2. The lowest BCUT2D eigenvalue weighted by atomic mass is 10.2. The van der Waals surface area contributed by atoms with Crippen LogP contribution >= 0.6 is 11.8 Å². The summed E-state index contributed by atoms with van der Waals surface area (Å²) in [6.45, 7) is 5.33. The Morgan fingerprint density at radius 3 is 2.81 bits per heavy atom. The van der Waals surface area contributed by atoms with Crippen molar-refractivity contribution in [3.05, 3.63) is 47.1 Å². The summed E-state index contributed by atoms with van der Waals surface area (Å²) in [6, 6.07) is 6.49. The summed E-state index contributed by atoms with van der Waals surface area (Å²) in [5, 5.41) is 6.22. The fourth-order valence-electron chi connectivity index (χ4n) is 1.68. The van der Waals surface area contributed by atoms with Gasteiger partial charge in [-0.15, -0.1) is 11.8 Å². The number of hydrogen-bond acceptors (Lipinski definition) is 4. The topological polar surface area (TPSA) is 55.1 Å². The zero-order chi connectivity index (χ0) is 15.4. The highest BCUT2D eigenvalue weighted by Crippen LogP contribution is 2.20. The monoisotopic (exact) mass is 308 g/mol. The summed E-state index contributed by atoms with van der Waals surface area (Å²) in [7, 11) is 0. The Bertz CT molecular complexity index is 642. The molecule has 0 saturated carbocycles. The van der Waals surface area contributed by atoms with Crippen LogP contribution in [0.3, 0.4) is 0 Å². The largest absolute Gasteiger partial charge is 0.360 e. The number of nitrogens with zero attached hydrogens (tertiary/aromatic N) is 1. The van der Waals surface area contributed by atoms with Crippen LogP contribution in [0.4, 0.5) is 10.1 Å². The molecular formula is C15H17FN2O2S. The summed E-state index contributed by atoms with van der Waals surface area (Å²) in [5.41, 5.74) is 1.83. The Balaban J connectivity index is 1.88. The molecule has 6 heteroatoms. The molecule has 1 atom stereocenters. The first kappa shape index (κ1) is 15.6. The maximum atomic E-state index is 13.4. The number of carbonyl (C=O) groups excluding carboxylic acids is 1. The van der Waals surface area contributed by atoms with Gasteiger partial charge in [-0.25, -0.2) is 4.39 Å². The van der Waals surface area contributed by atoms with Crippen molar-refractivity contribution < 1.29 is 13.7 Å². The molecule has 0 spiro atoms. The van der Waals surface area contributed by atoms with E-state index in [0.717, 1.165) is 11.5 Å². The van der Waals surface area contributed by atoms with Gasteiger partial charge in [-0.3, -0.25) is 4.79 Å². The average molecular weight is 308 g/mol. The van der Waals surface area contributed by atoms with E-state index < -0.39 is 0 Å². The third-order valence-corrected chi connectivity index (χ3v) is 4.13. The van der Waals surface area contributed by atoms with Crippen LogP contribution in [0, 0.1) is 19.7 Å². The number of aromatic nitrogens is 1. The van der Waals surface area contributed by atoms with Crippen LogP contribution in [0.25, 0.3) is 0 Å². The van der Waals surface area contributed by atoms with Crippen molar-refractivity contribution in [2.24, 2.45) is 0 Å². The van der Waals surface area contributed by atoms with Gasteiger partial charge in [0.1, 0.15) is 11.6 Å². The Morgan fingerprint density at radius 2 is 2.19 bits per heavy atom. The number of aryl methyl sites for hydroxylation is 2. The Kier molecular flexibility index (Phi) is 5.01. The second-order valence-corrected chi connectivity index (χ2v) is 6.17. The molecule has 0 radical (unpaired) electrons. The smallest absolute Gasteiger partial charge is 0.237 e. The molecule has 0 unspecified atom stereocenters. The number of carbonyl (C=O) groups is 1. The van der Waals surface area contributed by atoms with Crippen LogP contribution < -0.4 is 5.32 Å². The highest BCUT2D eigenvalue weighted by atomic mass is 32.2. The molecule has 4 nitrogen and oxygen atoms in total. The van der Waals surface area contributed by atoms with E-state index in [1.807, 2.05) is 13.0 Å². The number of benzene rings is 1. The van der Waals surface area contributed by atoms with Gasteiger partial charge in [-0.2, -0.15) is 0 Å². The molecular weight excluding hydrogens is 291 g/mol. The van der Waals surface area contributed by atoms with Crippen molar-refractivity contribution in [3.8, 4) is 0 Å². The zero-order valence-electron chi connectivity index (χ0n) is 12.1. The summed E-state index contributed by atoms with van der Waals surface area (Å²) in [6.07, 6.45) is 0. The lowest BCUT2D eigenvalue weighted by Gasteiger charge is -2.11. The van der Waals surface area contributed by atoms with Gasteiger partial charge < -0.3 is 9.84 Å². The van der Waals surface area contributed by atoms with E-state index in [9.17, 15) is 9.18 Å². The molecule has 1 heterocycles. The van der Waals surface area contributed by atoms with Crippen LogP contribution in [0.5, 0.6) is 0 Å². The second kappa shape index (κ2) is 6.76. The first-order valence-corrected chi connectivity index (χ1v) is 7.61. The minimum atomic E-state index is -0.328. The van der Waals surface area contributed by atoms with Crippen LogP contribution in [0.2, 0.25) is 0 Å². The van der Waals surface area contributed by atoms with E-state index in [2.05, 4.69) is 10.5 Å². The van der Waals surface area contributed by atoms with Gasteiger partial charge in [-0.1, -0.05) is 11.2 Å². The van der Waals surface area contributed by atoms with E-state index in [1.165, 1.54) is 17.8 Å². The van der Waals surface area contributed by atoms with Crippen molar-refractivity contribution in [1.82, 2.24) is 5.16 Å². The number of amides is 1. The van der Waals surface area contributed by atoms with Crippen molar-refractivity contribution in [1.29, 1.82) is 0 Å². The first-order valence-electron chi connectivity index (χ1n) is 6.56. The summed E-state index contributed by atoms with van der Waals surface area (Å²) >= 11 is 1.44. The van der Waals surface area contributed by atoms with E-state index in [1.54, 1.807) is 26.0 Å². The summed E-state index contributed by atoms with van der Waals surface area (Å²) in [4.78, 5) is 12.0. The average Bonchev–Trinajstić information content (AvgIpc) is 2.86. The van der Waals surface area contributed by atoms with E-state index in [0.29, 0.717) is 17.0 Å². The molecule has 2 rings (SSSR count). The molecule has 0 aliphatic heterocycles. The SMILES string of the molecule is Cc1cc(CS[C@@H](C)C(=O)Nc2ccc(C)c(F)c2)on1. The third kappa shape index (κ3) is 4.32. The second-order valence-electron chi connectivity index (χ2n) is 4.84. The fraction of sp³-hybridized carbons (Fsp3) is 0.333. The zero-order valence-corrected chi connectivity index (χ0v) is 13.0. The predicted molar refractivity (Wildman–Crippen MR) is 81.8 cm³/mol. The van der Waals surface area contributed by atoms with E-state index in [-0.39, 0.29) is 17.0 Å². The van der Waals surface area contributed by atoms with Crippen LogP contribution in [-0.4, -0.2) is 16.3 Å². The Morgan fingerprint density at radius 1 is 1.43 bits per heavy atom. The molecule has 1 aromatic heterocycles. The third-order valence-electron chi connectivity index (χ3n) is 2.96. The van der Waals surface area contributed by atoms with Gasteiger partial charge in [0.25, 0.3) is 0 Å².